The summed E-state index contributed by atoms with van der Waals surface area (Å²) in [5.41, 5.74) is 1.93. The number of hydrogen-bond acceptors (Lipinski definition) is 4. The number of nitrogens with zero attached hydrogens (tertiary/aromatic N) is 2. The Morgan fingerprint density at radius 1 is 1.12 bits per heavy atom. The third kappa shape index (κ3) is 7.75. The molecule has 0 heterocycles. The highest BCUT2D eigenvalue weighted by Crippen LogP contribution is 2.22. The monoisotopic (exact) mass is 493 g/mol. The number of benzene rings is 2. The fourth-order valence-corrected chi connectivity index (χ4v) is 4.36. The normalized spacial score (nSPS) is 12.2. The van der Waals surface area contributed by atoms with Crippen LogP contribution in [0.1, 0.15) is 37.8 Å². The first kappa shape index (κ1) is 26.7. The van der Waals surface area contributed by atoms with E-state index >= 15 is 0 Å². The van der Waals surface area contributed by atoms with Crippen molar-refractivity contribution in [3.63, 3.8) is 0 Å². The molecule has 0 saturated heterocycles. The van der Waals surface area contributed by atoms with E-state index in [0.29, 0.717) is 22.8 Å². The van der Waals surface area contributed by atoms with Gasteiger partial charge < -0.3 is 10.2 Å². The Bertz CT molecular complexity index is 1070. The van der Waals surface area contributed by atoms with Crippen LogP contribution in [0.2, 0.25) is 5.02 Å². The number of aryl methyl sites for hydroxylation is 1. The summed E-state index contributed by atoms with van der Waals surface area (Å²) < 4.78 is 26.2. The van der Waals surface area contributed by atoms with E-state index in [1.54, 1.807) is 49.4 Å². The molecule has 9 heteroatoms. The van der Waals surface area contributed by atoms with Crippen molar-refractivity contribution in [1.29, 1.82) is 0 Å². The molecule has 0 spiro atoms. The van der Waals surface area contributed by atoms with Crippen molar-refractivity contribution in [2.75, 3.05) is 23.7 Å². The molecule has 7 nitrogen and oxygen atoms in total. The standard InChI is InChI=1S/C24H32ClN3O4S/c1-5-6-14-26-24(30)19(3)27(16-20-11-7-8-13-22(20)25)23(29)17-28(33(4,31)32)21-12-9-10-18(2)15-21/h7-13,15,19H,5-6,14,16-17H2,1-4H3,(H,26,30). The van der Waals surface area contributed by atoms with Crippen LogP contribution < -0.4 is 9.62 Å². The van der Waals surface area contributed by atoms with E-state index < -0.39 is 28.5 Å². The Morgan fingerprint density at radius 2 is 1.82 bits per heavy atom. The molecule has 1 N–H and O–H groups in total. The number of carbonyl (C=O) groups excluding carboxylic acids is 2. The van der Waals surface area contributed by atoms with E-state index in [1.165, 1.54) is 4.90 Å². The summed E-state index contributed by atoms with van der Waals surface area (Å²) in [5.74, 6) is -0.801. The number of carbonyl (C=O) groups is 2. The minimum Gasteiger partial charge on any atom is -0.354 e. The molecule has 0 aliphatic carbocycles. The van der Waals surface area contributed by atoms with Gasteiger partial charge in [-0.25, -0.2) is 8.42 Å². The van der Waals surface area contributed by atoms with Gasteiger partial charge in [0.15, 0.2) is 0 Å². The molecule has 1 atom stereocenters. The van der Waals surface area contributed by atoms with Crippen LogP contribution >= 0.6 is 11.6 Å². The van der Waals surface area contributed by atoms with Gasteiger partial charge in [-0.05, 0) is 49.6 Å². The SMILES string of the molecule is CCCCNC(=O)C(C)N(Cc1ccccc1Cl)C(=O)CN(c1cccc(C)c1)S(C)(=O)=O. The first-order valence-corrected chi connectivity index (χ1v) is 13.1. The van der Waals surface area contributed by atoms with Crippen LogP contribution in [0.3, 0.4) is 0 Å². The van der Waals surface area contributed by atoms with Crippen molar-refractivity contribution >= 4 is 39.1 Å². The molecule has 2 amide bonds. The highest BCUT2D eigenvalue weighted by atomic mass is 35.5. The molecule has 1 unspecified atom stereocenters. The predicted octanol–water partition coefficient (Wildman–Crippen LogP) is 3.75. The Hall–Kier alpha value is -2.58. The lowest BCUT2D eigenvalue weighted by molar-refractivity contribution is -0.139. The third-order valence-corrected chi connectivity index (χ3v) is 6.77. The van der Waals surface area contributed by atoms with Gasteiger partial charge >= 0.3 is 0 Å². The topological polar surface area (TPSA) is 86.8 Å². The zero-order valence-corrected chi connectivity index (χ0v) is 21.1. The second-order valence-electron chi connectivity index (χ2n) is 8.04. The summed E-state index contributed by atoms with van der Waals surface area (Å²) in [4.78, 5) is 27.6. The molecular formula is C24H32ClN3O4S. The minimum absolute atomic E-state index is 0.0757. The zero-order chi connectivity index (χ0) is 24.6. The van der Waals surface area contributed by atoms with Crippen LogP contribution in [-0.2, 0) is 26.2 Å². The number of nitrogens with one attached hydrogen (secondary N) is 1. The van der Waals surface area contributed by atoms with Crippen LogP contribution in [0, 0.1) is 6.92 Å². The molecule has 2 aromatic carbocycles. The lowest BCUT2D eigenvalue weighted by Gasteiger charge is -2.31. The maximum atomic E-state index is 13.4. The molecule has 0 aliphatic rings. The first-order chi connectivity index (χ1) is 15.5. The molecule has 180 valence electrons. The number of sulfonamides is 1. The number of halogens is 1. The average Bonchev–Trinajstić information content (AvgIpc) is 2.75. The maximum Gasteiger partial charge on any atom is 0.244 e. The van der Waals surface area contributed by atoms with Crippen molar-refractivity contribution in [1.82, 2.24) is 10.2 Å². The highest BCUT2D eigenvalue weighted by molar-refractivity contribution is 7.92. The second kappa shape index (κ2) is 12.0. The Morgan fingerprint density at radius 3 is 2.42 bits per heavy atom. The quantitative estimate of drug-likeness (QED) is 0.483. The summed E-state index contributed by atoms with van der Waals surface area (Å²) >= 11 is 6.31. The fraction of sp³-hybridized carbons (Fsp3) is 0.417. The number of unbranched alkanes of at least 4 members (excludes halogenated alkanes) is 1. The van der Waals surface area contributed by atoms with Crippen molar-refractivity contribution in [2.24, 2.45) is 0 Å². The second-order valence-corrected chi connectivity index (χ2v) is 10.4. The number of hydrogen-bond donors (Lipinski definition) is 1. The van der Waals surface area contributed by atoms with Gasteiger partial charge in [0.25, 0.3) is 0 Å². The van der Waals surface area contributed by atoms with E-state index in [-0.39, 0.29) is 12.5 Å². The number of amides is 2. The summed E-state index contributed by atoms with van der Waals surface area (Å²) in [5, 5.41) is 3.31. The summed E-state index contributed by atoms with van der Waals surface area (Å²) in [7, 11) is -3.75. The Labute approximate surface area is 201 Å². The fourth-order valence-electron chi connectivity index (χ4n) is 3.33. The van der Waals surface area contributed by atoms with E-state index in [1.807, 2.05) is 19.9 Å². The molecule has 0 bridgehead atoms. The molecule has 2 aromatic rings. The highest BCUT2D eigenvalue weighted by Gasteiger charge is 2.30. The molecule has 0 aliphatic heterocycles. The summed E-state index contributed by atoms with van der Waals surface area (Å²) in [6.45, 7) is 5.65. The largest absolute Gasteiger partial charge is 0.354 e. The van der Waals surface area contributed by atoms with Crippen molar-refractivity contribution in [3.05, 3.63) is 64.7 Å². The Kier molecular flexibility index (Phi) is 9.73. The van der Waals surface area contributed by atoms with E-state index in [0.717, 1.165) is 29.0 Å². The molecule has 2 rings (SSSR count). The van der Waals surface area contributed by atoms with Gasteiger partial charge in [-0.15, -0.1) is 0 Å². The predicted molar refractivity (Wildman–Crippen MR) is 133 cm³/mol. The average molecular weight is 494 g/mol. The smallest absolute Gasteiger partial charge is 0.244 e. The Balaban J connectivity index is 2.36. The van der Waals surface area contributed by atoms with Crippen LogP contribution in [0.4, 0.5) is 5.69 Å². The van der Waals surface area contributed by atoms with Crippen molar-refractivity contribution in [3.8, 4) is 0 Å². The van der Waals surface area contributed by atoms with Crippen molar-refractivity contribution < 1.29 is 18.0 Å². The van der Waals surface area contributed by atoms with Gasteiger partial charge in [-0.2, -0.15) is 0 Å². The molecule has 0 saturated carbocycles. The lowest BCUT2D eigenvalue weighted by atomic mass is 10.1. The molecule has 0 aromatic heterocycles. The van der Waals surface area contributed by atoms with E-state index in [4.69, 9.17) is 11.6 Å². The molecular weight excluding hydrogens is 462 g/mol. The lowest BCUT2D eigenvalue weighted by Crippen LogP contribution is -2.51. The van der Waals surface area contributed by atoms with Gasteiger partial charge in [0.2, 0.25) is 21.8 Å². The third-order valence-electron chi connectivity index (χ3n) is 5.26. The number of rotatable bonds is 11. The van der Waals surface area contributed by atoms with Crippen molar-refractivity contribution in [2.45, 2.75) is 46.2 Å². The zero-order valence-electron chi connectivity index (χ0n) is 19.5. The van der Waals surface area contributed by atoms with Gasteiger partial charge in [-0.3, -0.25) is 13.9 Å². The summed E-state index contributed by atoms with van der Waals surface area (Å²) in [6, 6.07) is 13.2. The van der Waals surface area contributed by atoms with Crippen LogP contribution in [0.25, 0.3) is 0 Å². The van der Waals surface area contributed by atoms with Crippen LogP contribution in [0.5, 0.6) is 0 Å². The number of anilines is 1. The van der Waals surface area contributed by atoms with Gasteiger partial charge in [0, 0.05) is 18.1 Å². The van der Waals surface area contributed by atoms with Gasteiger partial charge in [-0.1, -0.05) is 55.3 Å². The van der Waals surface area contributed by atoms with Crippen LogP contribution in [-0.4, -0.2) is 50.5 Å². The molecule has 33 heavy (non-hydrogen) atoms. The van der Waals surface area contributed by atoms with Crippen LogP contribution in [0.15, 0.2) is 48.5 Å². The summed E-state index contributed by atoms with van der Waals surface area (Å²) in [6.07, 6.45) is 2.81. The minimum atomic E-state index is -3.75. The van der Waals surface area contributed by atoms with Gasteiger partial charge in [0.05, 0.1) is 11.9 Å². The van der Waals surface area contributed by atoms with E-state index in [2.05, 4.69) is 5.32 Å². The molecule has 0 fully saturated rings. The maximum absolute atomic E-state index is 13.4. The van der Waals surface area contributed by atoms with E-state index in [9.17, 15) is 18.0 Å². The first-order valence-electron chi connectivity index (χ1n) is 10.9. The molecule has 0 radical (unpaired) electrons. The van der Waals surface area contributed by atoms with Gasteiger partial charge in [0.1, 0.15) is 12.6 Å².